The Morgan fingerprint density at radius 1 is 1.19 bits per heavy atom. The molecule has 0 saturated carbocycles. The first-order valence-electron chi connectivity index (χ1n) is 7.34. The standard InChI is InChI=1S/C18H20N2O/c1-20(17-11-10-14-4-2-3-5-16(14)17)18(21)15-8-6-13(12-19)7-9-15/h2-9,17H,10-12,19H2,1H3. The quantitative estimate of drug-likeness (QED) is 0.939. The molecule has 0 fully saturated rings. The van der Waals surface area contributed by atoms with Crippen LogP contribution in [0.1, 0.15) is 39.5 Å². The van der Waals surface area contributed by atoms with Gasteiger partial charge in [-0.05, 0) is 41.7 Å². The number of nitrogens with zero attached hydrogens (tertiary/aromatic N) is 1. The number of carbonyl (C=O) groups excluding carboxylic acids is 1. The summed E-state index contributed by atoms with van der Waals surface area (Å²) in [6.07, 6.45) is 2.05. The second kappa shape index (κ2) is 5.70. The summed E-state index contributed by atoms with van der Waals surface area (Å²) >= 11 is 0. The van der Waals surface area contributed by atoms with E-state index in [-0.39, 0.29) is 11.9 Å². The van der Waals surface area contributed by atoms with Crippen LogP contribution in [-0.4, -0.2) is 17.9 Å². The molecule has 108 valence electrons. The molecular formula is C18H20N2O. The Labute approximate surface area is 125 Å². The third kappa shape index (κ3) is 2.57. The number of fused-ring (bicyclic) bond motifs is 1. The first-order chi connectivity index (χ1) is 10.2. The molecule has 21 heavy (non-hydrogen) atoms. The van der Waals surface area contributed by atoms with Crippen LogP contribution >= 0.6 is 0 Å². The summed E-state index contributed by atoms with van der Waals surface area (Å²) in [5.41, 5.74) is 10.0. The van der Waals surface area contributed by atoms with Crippen LogP contribution in [0.5, 0.6) is 0 Å². The van der Waals surface area contributed by atoms with E-state index in [9.17, 15) is 4.79 Å². The zero-order valence-corrected chi connectivity index (χ0v) is 12.3. The number of nitrogens with two attached hydrogens (primary N) is 1. The van der Waals surface area contributed by atoms with Gasteiger partial charge in [0.15, 0.2) is 0 Å². The predicted molar refractivity (Wildman–Crippen MR) is 83.9 cm³/mol. The van der Waals surface area contributed by atoms with Gasteiger partial charge in [0.2, 0.25) is 0 Å². The fraction of sp³-hybridized carbons (Fsp3) is 0.278. The highest BCUT2D eigenvalue weighted by atomic mass is 16.2. The molecule has 1 atom stereocenters. The summed E-state index contributed by atoms with van der Waals surface area (Å²) in [5.74, 6) is 0.0697. The molecule has 0 heterocycles. The van der Waals surface area contributed by atoms with Crippen molar-refractivity contribution in [2.75, 3.05) is 7.05 Å². The molecule has 0 saturated heterocycles. The highest BCUT2D eigenvalue weighted by Crippen LogP contribution is 2.35. The van der Waals surface area contributed by atoms with Crippen LogP contribution in [0.4, 0.5) is 0 Å². The lowest BCUT2D eigenvalue weighted by atomic mass is 10.1. The number of benzene rings is 2. The van der Waals surface area contributed by atoms with Crippen LogP contribution in [0, 0.1) is 0 Å². The number of hydrogen-bond donors (Lipinski definition) is 1. The molecule has 2 aromatic rings. The molecule has 1 aliphatic rings. The van der Waals surface area contributed by atoms with Crippen LogP contribution in [0.3, 0.4) is 0 Å². The second-order valence-electron chi connectivity index (χ2n) is 5.57. The third-order valence-electron chi connectivity index (χ3n) is 4.33. The molecule has 0 aromatic heterocycles. The third-order valence-corrected chi connectivity index (χ3v) is 4.33. The Bertz CT molecular complexity index is 649. The van der Waals surface area contributed by atoms with Crippen molar-refractivity contribution < 1.29 is 4.79 Å². The lowest BCUT2D eigenvalue weighted by Crippen LogP contribution is -2.30. The minimum atomic E-state index is 0.0697. The number of amides is 1. The molecule has 3 rings (SSSR count). The van der Waals surface area contributed by atoms with Crippen LogP contribution in [-0.2, 0) is 13.0 Å². The Balaban J connectivity index is 1.82. The number of hydrogen-bond acceptors (Lipinski definition) is 2. The first-order valence-corrected chi connectivity index (χ1v) is 7.34. The van der Waals surface area contributed by atoms with E-state index in [2.05, 4.69) is 18.2 Å². The summed E-state index contributed by atoms with van der Waals surface area (Å²) < 4.78 is 0. The zero-order valence-electron chi connectivity index (χ0n) is 12.3. The maximum atomic E-state index is 12.6. The monoisotopic (exact) mass is 280 g/mol. The Hall–Kier alpha value is -2.13. The van der Waals surface area contributed by atoms with E-state index in [1.54, 1.807) is 0 Å². The molecular weight excluding hydrogens is 260 g/mol. The fourth-order valence-corrected chi connectivity index (χ4v) is 3.07. The number of rotatable bonds is 3. The van der Waals surface area contributed by atoms with Crippen LogP contribution in [0.2, 0.25) is 0 Å². The molecule has 0 radical (unpaired) electrons. The van der Waals surface area contributed by atoms with E-state index in [1.165, 1.54) is 11.1 Å². The fourth-order valence-electron chi connectivity index (χ4n) is 3.07. The van der Waals surface area contributed by atoms with Gasteiger partial charge in [-0.25, -0.2) is 0 Å². The number of aryl methyl sites for hydroxylation is 1. The van der Waals surface area contributed by atoms with Crippen molar-refractivity contribution >= 4 is 5.91 Å². The van der Waals surface area contributed by atoms with E-state index < -0.39 is 0 Å². The molecule has 3 heteroatoms. The van der Waals surface area contributed by atoms with Crippen molar-refractivity contribution in [1.29, 1.82) is 0 Å². The molecule has 3 nitrogen and oxygen atoms in total. The summed E-state index contributed by atoms with van der Waals surface area (Å²) in [6.45, 7) is 0.500. The summed E-state index contributed by atoms with van der Waals surface area (Å²) in [7, 11) is 1.89. The molecule has 2 aromatic carbocycles. The van der Waals surface area contributed by atoms with Gasteiger partial charge >= 0.3 is 0 Å². The van der Waals surface area contributed by atoms with E-state index in [0.717, 1.165) is 24.0 Å². The van der Waals surface area contributed by atoms with Gasteiger partial charge in [-0.3, -0.25) is 4.79 Å². The summed E-state index contributed by atoms with van der Waals surface area (Å²) in [5, 5.41) is 0. The van der Waals surface area contributed by atoms with Gasteiger partial charge in [0, 0.05) is 19.2 Å². The van der Waals surface area contributed by atoms with Crippen molar-refractivity contribution in [3.8, 4) is 0 Å². The highest BCUT2D eigenvalue weighted by Gasteiger charge is 2.28. The maximum Gasteiger partial charge on any atom is 0.254 e. The van der Waals surface area contributed by atoms with Crippen LogP contribution in [0.15, 0.2) is 48.5 Å². The van der Waals surface area contributed by atoms with Gasteiger partial charge in [-0.15, -0.1) is 0 Å². The Kier molecular flexibility index (Phi) is 3.76. The maximum absolute atomic E-state index is 12.6. The van der Waals surface area contributed by atoms with Gasteiger partial charge in [-0.2, -0.15) is 0 Å². The van der Waals surface area contributed by atoms with Gasteiger partial charge in [0.1, 0.15) is 0 Å². The Morgan fingerprint density at radius 3 is 2.62 bits per heavy atom. The van der Waals surface area contributed by atoms with Crippen LogP contribution in [0.25, 0.3) is 0 Å². The number of carbonyl (C=O) groups is 1. The molecule has 1 unspecified atom stereocenters. The summed E-state index contributed by atoms with van der Waals surface area (Å²) in [6, 6.07) is 16.2. The predicted octanol–water partition coefficient (Wildman–Crippen LogP) is 2.90. The van der Waals surface area contributed by atoms with Crippen molar-refractivity contribution in [1.82, 2.24) is 4.90 Å². The van der Waals surface area contributed by atoms with Gasteiger partial charge in [0.05, 0.1) is 6.04 Å². The second-order valence-corrected chi connectivity index (χ2v) is 5.57. The van der Waals surface area contributed by atoms with Crippen LogP contribution < -0.4 is 5.73 Å². The molecule has 2 N–H and O–H groups in total. The molecule has 0 spiro atoms. The molecule has 1 amide bonds. The zero-order chi connectivity index (χ0) is 14.8. The average Bonchev–Trinajstić information content (AvgIpc) is 2.97. The SMILES string of the molecule is CN(C(=O)c1ccc(CN)cc1)C1CCc2ccccc21. The van der Waals surface area contributed by atoms with Gasteiger partial charge in [-0.1, -0.05) is 36.4 Å². The molecule has 1 aliphatic carbocycles. The minimum absolute atomic E-state index is 0.0697. The van der Waals surface area contributed by atoms with E-state index in [0.29, 0.717) is 6.54 Å². The topological polar surface area (TPSA) is 46.3 Å². The van der Waals surface area contributed by atoms with E-state index >= 15 is 0 Å². The smallest absolute Gasteiger partial charge is 0.254 e. The normalized spacial score (nSPS) is 16.6. The first kappa shape index (κ1) is 13.8. The van der Waals surface area contributed by atoms with Crippen molar-refractivity contribution in [3.05, 3.63) is 70.8 Å². The summed E-state index contributed by atoms with van der Waals surface area (Å²) in [4.78, 5) is 14.5. The van der Waals surface area contributed by atoms with Gasteiger partial charge < -0.3 is 10.6 Å². The lowest BCUT2D eigenvalue weighted by molar-refractivity contribution is 0.0730. The molecule has 0 aliphatic heterocycles. The largest absolute Gasteiger partial charge is 0.335 e. The van der Waals surface area contributed by atoms with E-state index in [4.69, 9.17) is 5.73 Å². The minimum Gasteiger partial charge on any atom is -0.335 e. The molecule has 0 bridgehead atoms. The highest BCUT2D eigenvalue weighted by molar-refractivity contribution is 5.94. The van der Waals surface area contributed by atoms with Gasteiger partial charge in [0.25, 0.3) is 5.91 Å². The van der Waals surface area contributed by atoms with Crippen molar-refractivity contribution in [2.45, 2.75) is 25.4 Å². The van der Waals surface area contributed by atoms with Crippen molar-refractivity contribution in [3.63, 3.8) is 0 Å². The Morgan fingerprint density at radius 2 is 1.90 bits per heavy atom. The lowest BCUT2D eigenvalue weighted by Gasteiger charge is -2.25. The average molecular weight is 280 g/mol. The van der Waals surface area contributed by atoms with Crippen molar-refractivity contribution in [2.24, 2.45) is 5.73 Å². The van der Waals surface area contributed by atoms with E-state index in [1.807, 2.05) is 42.3 Å².